The molecule has 0 saturated heterocycles. The topological polar surface area (TPSA) is 49.8 Å². The molecule has 4 heterocycles. The monoisotopic (exact) mass is 720 g/mol. The fourth-order valence-corrected chi connectivity index (χ4v) is 9.47. The van der Waals surface area contributed by atoms with Gasteiger partial charge < -0.3 is 14.0 Å². The number of fused-ring (bicyclic) bond motifs is 9. The summed E-state index contributed by atoms with van der Waals surface area (Å²) in [6.07, 6.45) is 5.02. The molecule has 1 aliphatic heterocycles. The van der Waals surface area contributed by atoms with Gasteiger partial charge in [0.05, 0.1) is 53.9 Å². The van der Waals surface area contributed by atoms with Crippen molar-refractivity contribution < 1.29 is 15.1 Å². The van der Waals surface area contributed by atoms with Crippen LogP contribution < -0.4 is 4.90 Å². The Morgan fingerprint density at radius 2 is 1.36 bits per heavy atom. The highest BCUT2D eigenvalue weighted by molar-refractivity contribution is 6.12. The van der Waals surface area contributed by atoms with E-state index in [0.717, 1.165) is 46.6 Å². The fraction of sp³-hybridized carbons (Fsp3) is 0.160. The van der Waals surface area contributed by atoms with Crippen LogP contribution in [0.1, 0.15) is 65.7 Å². The Bertz CT molecular complexity index is 3620. The number of nitrogens with zero attached hydrogens (tertiary/aromatic N) is 5. The van der Waals surface area contributed by atoms with Gasteiger partial charge in [-0.1, -0.05) is 98.5 Å². The van der Waals surface area contributed by atoms with Crippen LogP contribution in [0.3, 0.4) is 0 Å². The number of hydrogen-bond acceptors (Lipinski definition) is 3. The number of pyridine rings is 1. The summed E-state index contributed by atoms with van der Waals surface area (Å²) in [4.78, 5) is 6.75. The zero-order chi connectivity index (χ0) is 46.5. The quantitative estimate of drug-likeness (QED) is 0.182. The van der Waals surface area contributed by atoms with Crippen LogP contribution in [0.5, 0.6) is 0 Å². The Morgan fingerprint density at radius 3 is 2.13 bits per heavy atom. The molecule has 5 nitrogen and oxygen atoms in total. The van der Waals surface area contributed by atoms with Gasteiger partial charge in [-0.05, 0) is 97.5 Å². The van der Waals surface area contributed by atoms with Crippen LogP contribution in [0.2, 0.25) is 0 Å². The van der Waals surface area contributed by atoms with E-state index in [1.807, 2.05) is 70.1 Å². The lowest BCUT2D eigenvalue weighted by Crippen LogP contribution is -2.54. The summed E-state index contributed by atoms with van der Waals surface area (Å²) < 4.78 is 106. The third-order valence-corrected chi connectivity index (χ3v) is 12.3. The maximum atomic E-state index is 11.0. The SMILES string of the molecule is [2H]c1c([2H])c([2H])c(-c2c([2H])c([2H])c3c(c2[2H])c2c([2H])c(N4c5ncccc5C5(C)CCCCC45C)c([2H])c([2H])c2n3-c2ccc(-n3c4ccccc4c4ccccc43)cc2C#N)c([2H])c1[2H]. The van der Waals surface area contributed by atoms with Crippen molar-refractivity contribution in [3.63, 3.8) is 0 Å². The molecule has 2 unspecified atom stereocenters. The summed E-state index contributed by atoms with van der Waals surface area (Å²) in [5.41, 5.74) is 1.60. The maximum absolute atomic E-state index is 11.0. The number of benzene rings is 6. The van der Waals surface area contributed by atoms with Crippen molar-refractivity contribution in [1.29, 1.82) is 5.26 Å². The van der Waals surface area contributed by atoms with Gasteiger partial charge in [0, 0.05) is 50.1 Å². The number of nitriles is 1. The lowest BCUT2D eigenvalue weighted by atomic mass is 9.61. The van der Waals surface area contributed by atoms with Crippen molar-refractivity contribution >= 4 is 55.1 Å². The predicted octanol–water partition coefficient (Wildman–Crippen LogP) is 12.6. The standard InChI is InChI=1S/C50H39N5/c1-49-26-10-11-27-50(49,2)55(48-42(49)17-12-28-52-48)37-22-25-47-41(31-37)40-30-34(33-13-4-3-5-14-33)20-23-46(40)54(47)43-24-21-36(29-35(43)32-51)53-44-18-8-6-15-38(44)39-16-7-9-19-45(39)53/h3-9,12-25,28-31H,10-11,26-27H2,1-2H3/i3D,4D,5D,13D,14D,20D,22D,23D,25D,30D,31D. The average Bonchev–Trinajstić information content (AvgIpc) is 3.93. The van der Waals surface area contributed by atoms with Gasteiger partial charge in [-0.15, -0.1) is 0 Å². The van der Waals surface area contributed by atoms with Crippen LogP contribution in [-0.2, 0) is 5.41 Å². The van der Waals surface area contributed by atoms with E-state index < -0.39 is 70.4 Å². The molecule has 1 fully saturated rings. The smallest absolute Gasteiger partial charge is 0.137 e. The minimum atomic E-state index is -0.695. The Balaban J connectivity index is 1.28. The van der Waals surface area contributed by atoms with Crippen molar-refractivity contribution in [3.8, 4) is 28.6 Å². The molecule has 3 aromatic heterocycles. The highest BCUT2D eigenvalue weighted by atomic mass is 15.3. The molecule has 0 N–H and O–H groups in total. The molecule has 1 saturated carbocycles. The highest BCUT2D eigenvalue weighted by Gasteiger charge is 2.58. The predicted molar refractivity (Wildman–Crippen MR) is 226 cm³/mol. The molecular formula is C50H39N5. The van der Waals surface area contributed by atoms with Crippen LogP contribution in [0.4, 0.5) is 11.5 Å². The second-order valence-corrected chi connectivity index (χ2v) is 15.0. The molecule has 2 aliphatic rings. The number of hydrogen-bond donors (Lipinski definition) is 0. The van der Waals surface area contributed by atoms with Crippen LogP contribution in [0.25, 0.3) is 66.1 Å². The van der Waals surface area contributed by atoms with Gasteiger partial charge in [-0.25, -0.2) is 4.98 Å². The Labute approximate surface area is 335 Å². The van der Waals surface area contributed by atoms with E-state index in [9.17, 15) is 13.5 Å². The van der Waals surface area contributed by atoms with Crippen molar-refractivity contribution in [2.24, 2.45) is 0 Å². The average molecular weight is 721 g/mol. The summed E-state index contributed by atoms with van der Waals surface area (Å²) in [5.74, 6) is 0.557. The zero-order valence-corrected chi connectivity index (χ0v) is 30.1. The molecule has 0 bridgehead atoms. The maximum Gasteiger partial charge on any atom is 0.137 e. The van der Waals surface area contributed by atoms with Crippen LogP contribution in [0, 0.1) is 11.3 Å². The molecule has 5 heteroatoms. The van der Waals surface area contributed by atoms with Gasteiger partial charge in [-0.2, -0.15) is 5.26 Å². The Hall–Kier alpha value is -6.64. The first-order chi connectivity index (χ1) is 31.6. The minimum absolute atomic E-state index is 0.0195. The molecule has 9 aromatic rings. The highest BCUT2D eigenvalue weighted by Crippen LogP contribution is 2.60. The molecule has 1 aliphatic carbocycles. The molecule has 6 aromatic carbocycles. The zero-order valence-electron chi connectivity index (χ0n) is 41.1. The largest absolute Gasteiger partial charge is 0.319 e. The molecular weight excluding hydrogens is 671 g/mol. The van der Waals surface area contributed by atoms with Crippen molar-refractivity contribution in [1.82, 2.24) is 14.1 Å². The Kier molecular flexibility index (Phi) is 4.79. The first-order valence-corrected chi connectivity index (χ1v) is 18.5. The van der Waals surface area contributed by atoms with Crippen molar-refractivity contribution in [2.75, 3.05) is 4.90 Å². The lowest BCUT2D eigenvalue weighted by molar-refractivity contribution is 0.195. The minimum Gasteiger partial charge on any atom is -0.319 e. The van der Waals surface area contributed by atoms with Gasteiger partial charge in [0.15, 0.2) is 0 Å². The van der Waals surface area contributed by atoms with Gasteiger partial charge in [0.1, 0.15) is 11.9 Å². The molecule has 11 rings (SSSR count). The van der Waals surface area contributed by atoms with Crippen LogP contribution >= 0.6 is 0 Å². The summed E-state index contributed by atoms with van der Waals surface area (Å²) in [5, 5.41) is 12.9. The van der Waals surface area contributed by atoms with E-state index in [0.29, 0.717) is 17.9 Å². The second-order valence-electron chi connectivity index (χ2n) is 15.0. The Morgan fingerprint density at radius 1 is 0.655 bits per heavy atom. The summed E-state index contributed by atoms with van der Waals surface area (Å²) in [6.45, 7) is 4.28. The van der Waals surface area contributed by atoms with Crippen molar-refractivity contribution in [2.45, 2.75) is 50.5 Å². The fourth-order valence-electron chi connectivity index (χ4n) is 9.47. The number of para-hydroxylation sites is 2. The van der Waals surface area contributed by atoms with E-state index in [1.165, 1.54) is 4.57 Å². The van der Waals surface area contributed by atoms with E-state index in [4.69, 9.17) is 11.8 Å². The first kappa shape index (κ1) is 22.5. The van der Waals surface area contributed by atoms with Crippen LogP contribution in [-0.4, -0.2) is 19.7 Å². The summed E-state index contributed by atoms with van der Waals surface area (Å²) in [7, 11) is 0. The van der Waals surface area contributed by atoms with Gasteiger partial charge in [0.25, 0.3) is 0 Å². The number of rotatable bonds is 4. The van der Waals surface area contributed by atoms with Gasteiger partial charge in [0.2, 0.25) is 0 Å². The molecule has 264 valence electrons. The molecule has 0 radical (unpaired) electrons. The first-order valence-electron chi connectivity index (χ1n) is 24.0. The lowest BCUT2D eigenvalue weighted by Gasteiger charge is -2.50. The van der Waals surface area contributed by atoms with E-state index in [1.54, 1.807) is 24.4 Å². The number of anilines is 2. The third-order valence-electron chi connectivity index (χ3n) is 12.3. The molecule has 55 heavy (non-hydrogen) atoms. The second kappa shape index (κ2) is 11.7. The molecule has 0 spiro atoms. The van der Waals surface area contributed by atoms with E-state index >= 15 is 0 Å². The molecule has 2 atom stereocenters. The van der Waals surface area contributed by atoms with E-state index in [-0.39, 0.29) is 56.9 Å². The van der Waals surface area contributed by atoms with Crippen molar-refractivity contribution in [3.05, 3.63) is 163 Å². The van der Waals surface area contributed by atoms with E-state index in [2.05, 4.69) is 19.9 Å². The van der Waals surface area contributed by atoms with Gasteiger partial charge in [-0.3, -0.25) is 0 Å². The summed E-state index contributed by atoms with van der Waals surface area (Å²) in [6, 6.07) is 21.3. The summed E-state index contributed by atoms with van der Waals surface area (Å²) >= 11 is 0. The van der Waals surface area contributed by atoms with Gasteiger partial charge >= 0.3 is 0 Å². The third kappa shape index (κ3) is 4.37. The normalized spacial score (nSPS) is 22.1. The molecule has 0 amide bonds. The number of aromatic nitrogens is 3. The van der Waals surface area contributed by atoms with Crippen LogP contribution in [0.15, 0.2) is 152 Å².